The quantitative estimate of drug-likeness (QED) is 0.438. The van der Waals surface area contributed by atoms with Crippen LogP contribution in [0.15, 0.2) is 97.2 Å². The molecule has 4 heteroatoms. The van der Waals surface area contributed by atoms with Gasteiger partial charge in [-0.2, -0.15) is 0 Å². The predicted molar refractivity (Wildman–Crippen MR) is 145 cm³/mol. The Balaban J connectivity index is 1.30. The van der Waals surface area contributed by atoms with Crippen molar-refractivity contribution in [2.75, 3.05) is 23.3 Å². The number of carbonyl (C=O) groups excluding carboxylic acids is 1. The Morgan fingerprint density at radius 2 is 1.46 bits per heavy atom. The van der Waals surface area contributed by atoms with E-state index in [1.807, 2.05) is 23.1 Å². The molecule has 5 rings (SSSR count). The lowest BCUT2D eigenvalue weighted by molar-refractivity contribution is 0.0852. The van der Waals surface area contributed by atoms with Crippen LogP contribution in [0.2, 0.25) is 0 Å². The molecule has 1 atom stereocenters. The van der Waals surface area contributed by atoms with E-state index in [1.165, 1.54) is 16.8 Å². The number of rotatable bonds is 3. The van der Waals surface area contributed by atoms with Gasteiger partial charge in [0.25, 0.3) is 0 Å². The Morgan fingerprint density at radius 1 is 0.886 bits per heavy atom. The summed E-state index contributed by atoms with van der Waals surface area (Å²) in [5.41, 5.74) is 5.81. The normalized spacial score (nSPS) is 19.4. The summed E-state index contributed by atoms with van der Waals surface area (Å²) in [4.78, 5) is 17.4. The maximum Gasteiger partial charge on any atom is 0.321 e. The minimum Gasteiger partial charge on any atom is -0.337 e. The van der Waals surface area contributed by atoms with Crippen molar-refractivity contribution in [3.05, 3.63) is 108 Å². The fraction of sp³-hybridized carbons (Fsp3) is 0.323. The second kappa shape index (κ2) is 8.92. The molecule has 3 aromatic carbocycles. The first-order chi connectivity index (χ1) is 16.8. The molecule has 0 bridgehead atoms. The first-order valence-corrected chi connectivity index (χ1v) is 12.5. The molecule has 1 spiro atoms. The second-order valence-corrected chi connectivity index (χ2v) is 10.9. The first kappa shape index (κ1) is 23.2. The number of hydrogen-bond donors (Lipinski definition) is 1. The van der Waals surface area contributed by atoms with Crippen molar-refractivity contribution >= 4 is 17.4 Å². The zero-order valence-corrected chi connectivity index (χ0v) is 21.0. The lowest BCUT2D eigenvalue weighted by atomic mass is 9.60. The SMILES string of the molecule is C=C1N(c2ccccc2)C(c2ccccc2)C12CCN(C(=O)Nc1ccc(C(C)(C)C)cc1)CC2. The highest BCUT2D eigenvalue weighted by Gasteiger charge is 2.57. The molecule has 1 N–H and O–H groups in total. The molecule has 2 fully saturated rings. The number of anilines is 2. The van der Waals surface area contributed by atoms with Gasteiger partial charge in [-0.15, -0.1) is 0 Å². The van der Waals surface area contributed by atoms with Crippen molar-refractivity contribution < 1.29 is 4.79 Å². The molecular weight excluding hydrogens is 430 g/mol. The van der Waals surface area contributed by atoms with Crippen molar-refractivity contribution in [3.63, 3.8) is 0 Å². The van der Waals surface area contributed by atoms with Crippen LogP contribution >= 0.6 is 0 Å². The van der Waals surface area contributed by atoms with Crippen LogP contribution in [0.5, 0.6) is 0 Å². The summed E-state index contributed by atoms with van der Waals surface area (Å²) < 4.78 is 0. The van der Waals surface area contributed by atoms with Gasteiger partial charge in [0.1, 0.15) is 0 Å². The van der Waals surface area contributed by atoms with Crippen LogP contribution in [0.1, 0.15) is 50.8 Å². The number of benzene rings is 3. The van der Waals surface area contributed by atoms with E-state index in [9.17, 15) is 4.79 Å². The largest absolute Gasteiger partial charge is 0.337 e. The average Bonchev–Trinajstić information content (AvgIpc) is 2.87. The Kier molecular flexibility index (Phi) is 5.92. The third-order valence-electron chi connectivity index (χ3n) is 7.74. The molecule has 2 amide bonds. The van der Waals surface area contributed by atoms with Crippen LogP contribution in [0.3, 0.4) is 0 Å². The summed E-state index contributed by atoms with van der Waals surface area (Å²) in [5.74, 6) is 0. The van der Waals surface area contributed by atoms with Gasteiger partial charge in [0.15, 0.2) is 0 Å². The van der Waals surface area contributed by atoms with Gasteiger partial charge in [-0.1, -0.05) is 88.0 Å². The zero-order valence-electron chi connectivity index (χ0n) is 21.0. The van der Waals surface area contributed by atoms with Gasteiger partial charge in [0, 0.05) is 35.6 Å². The van der Waals surface area contributed by atoms with Gasteiger partial charge in [0.05, 0.1) is 6.04 Å². The van der Waals surface area contributed by atoms with Crippen molar-refractivity contribution in [2.24, 2.45) is 5.41 Å². The number of nitrogens with zero attached hydrogens (tertiary/aromatic N) is 2. The number of amides is 2. The smallest absolute Gasteiger partial charge is 0.321 e. The number of likely N-dealkylation sites (tertiary alicyclic amines) is 1. The summed E-state index contributed by atoms with van der Waals surface area (Å²) in [6.07, 6.45) is 1.82. The number of nitrogens with one attached hydrogen (secondary N) is 1. The van der Waals surface area contributed by atoms with Crippen LogP contribution in [-0.4, -0.2) is 24.0 Å². The molecule has 3 aromatic rings. The number of hydrogen-bond acceptors (Lipinski definition) is 2. The number of urea groups is 1. The molecule has 2 aliphatic rings. The maximum absolute atomic E-state index is 13.1. The Morgan fingerprint density at radius 3 is 2.03 bits per heavy atom. The highest BCUT2D eigenvalue weighted by molar-refractivity contribution is 5.89. The number of carbonyl (C=O) groups is 1. The second-order valence-electron chi connectivity index (χ2n) is 10.9. The monoisotopic (exact) mass is 465 g/mol. The Bertz CT molecular complexity index is 1190. The fourth-order valence-electron chi connectivity index (χ4n) is 5.66. The molecule has 0 aromatic heterocycles. The van der Waals surface area contributed by atoms with Crippen LogP contribution < -0.4 is 10.2 Å². The van der Waals surface area contributed by atoms with E-state index in [4.69, 9.17) is 0 Å². The molecule has 1 unspecified atom stereocenters. The summed E-state index contributed by atoms with van der Waals surface area (Å²) in [5, 5.41) is 3.10. The minimum atomic E-state index is -0.0255. The zero-order chi connectivity index (χ0) is 24.6. The van der Waals surface area contributed by atoms with E-state index in [0.29, 0.717) is 0 Å². The van der Waals surface area contributed by atoms with Crippen LogP contribution in [0.25, 0.3) is 0 Å². The van der Waals surface area contributed by atoms with Crippen LogP contribution in [0.4, 0.5) is 16.2 Å². The molecule has 0 aliphatic carbocycles. The summed E-state index contributed by atoms with van der Waals surface area (Å²) >= 11 is 0. The average molecular weight is 466 g/mol. The van der Waals surface area contributed by atoms with E-state index in [-0.39, 0.29) is 22.9 Å². The standard InChI is InChI=1S/C31H35N3O/c1-23-31(28(24-11-7-5-8-12-24)34(23)27-13-9-6-10-14-27)19-21-33(22-20-31)29(35)32-26-17-15-25(16-18-26)30(2,3)4/h5-18,28H,1,19-22H2,2-4H3,(H,32,35). The van der Waals surface area contributed by atoms with Crippen molar-refractivity contribution in [3.8, 4) is 0 Å². The topological polar surface area (TPSA) is 35.6 Å². The Hall–Kier alpha value is -3.53. The van der Waals surface area contributed by atoms with Gasteiger partial charge in [-0.25, -0.2) is 4.79 Å². The lowest BCUT2D eigenvalue weighted by Crippen LogP contribution is -2.60. The molecule has 2 aliphatic heterocycles. The van der Waals surface area contributed by atoms with E-state index in [0.717, 1.165) is 37.3 Å². The van der Waals surface area contributed by atoms with Gasteiger partial charge in [-0.05, 0) is 53.6 Å². The van der Waals surface area contributed by atoms with Crippen LogP contribution in [-0.2, 0) is 5.41 Å². The van der Waals surface area contributed by atoms with Crippen LogP contribution in [0, 0.1) is 5.41 Å². The molecule has 0 radical (unpaired) electrons. The molecule has 2 heterocycles. The first-order valence-electron chi connectivity index (χ1n) is 12.5. The predicted octanol–water partition coefficient (Wildman–Crippen LogP) is 7.37. The van der Waals surface area contributed by atoms with E-state index in [1.54, 1.807) is 0 Å². The fourth-order valence-corrected chi connectivity index (χ4v) is 5.66. The summed E-state index contributed by atoms with van der Waals surface area (Å²) in [6, 6.07) is 29.6. The van der Waals surface area contributed by atoms with Gasteiger partial charge in [-0.3, -0.25) is 0 Å². The van der Waals surface area contributed by atoms with Gasteiger partial charge in [0.2, 0.25) is 0 Å². The molecule has 2 saturated heterocycles. The Labute approximate surface area is 209 Å². The maximum atomic E-state index is 13.1. The summed E-state index contributed by atoms with van der Waals surface area (Å²) in [6.45, 7) is 12.6. The molecule has 0 saturated carbocycles. The van der Waals surface area contributed by atoms with Crippen molar-refractivity contribution in [1.82, 2.24) is 4.90 Å². The highest BCUT2D eigenvalue weighted by Crippen LogP contribution is 2.62. The molecule has 4 nitrogen and oxygen atoms in total. The minimum absolute atomic E-state index is 0.0236. The molecular formula is C31H35N3O. The number of piperidine rings is 1. The molecule has 180 valence electrons. The van der Waals surface area contributed by atoms with E-state index in [2.05, 4.69) is 104 Å². The lowest BCUT2D eigenvalue weighted by Gasteiger charge is -2.63. The van der Waals surface area contributed by atoms with Crippen molar-refractivity contribution in [1.29, 1.82) is 0 Å². The van der Waals surface area contributed by atoms with E-state index < -0.39 is 0 Å². The van der Waals surface area contributed by atoms with E-state index >= 15 is 0 Å². The highest BCUT2D eigenvalue weighted by atomic mass is 16.2. The molecule has 35 heavy (non-hydrogen) atoms. The van der Waals surface area contributed by atoms with Crippen molar-refractivity contribution in [2.45, 2.75) is 45.1 Å². The third-order valence-corrected chi connectivity index (χ3v) is 7.74. The number of para-hydroxylation sites is 1. The van der Waals surface area contributed by atoms with Gasteiger partial charge >= 0.3 is 6.03 Å². The third kappa shape index (κ3) is 4.22. The summed E-state index contributed by atoms with van der Waals surface area (Å²) in [7, 11) is 0. The van der Waals surface area contributed by atoms with Gasteiger partial charge < -0.3 is 15.1 Å².